The second kappa shape index (κ2) is 8.81. The average Bonchev–Trinajstić information content (AvgIpc) is 3.21. The molecule has 0 unspecified atom stereocenters. The number of pyridine rings is 1. The largest absolute Gasteiger partial charge is 0.481 e. The Morgan fingerprint density at radius 3 is 2.89 bits per heavy atom. The van der Waals surface area contributed by atoms with Crippen LogP contribution in [0.25, 0.3) is 11.2 Å². The fourth-order valence-corrected chi connectivity index (χ4v) is 3.06. The van der Waals surface area contributed by atoms with Crippen molar-refractivity contribution in [3.8, 4) is 5.88 Å². The van der Waals surface area contributed by atoms with Crippen molar-refractivity contribution in [2.24, 2.45) is 0 Å². The molecule has 0 saturated carbocycles. The first-order valence-electron chi connectivity index (χ1n) is 9.34. The summed E-state index contributed by atoms with van der Waals surface area (Å²) in [6.45, 7) is 5.50. The van der Waals surface area contributed by atoms with Gasteiger partial charge in [0.05, 0.1) is 38.5 Å². The fourth-order valence-electron chi connectivity index (χ4n) is 3.06. The van der Waals surface area contributed by atoms with E-state index in [1.54, 1.807) is 25.7 Å². The maximum atomic E-state index is 5.39. The zero-order chi connectivity index (χ0) is 19.2. The minimum Gasteiger partial charge on any atom is -0.481 e. The maximum Gasteiger partial charge on any atom is 0.231 e. The van der Waals surface area contributed by atoms with Gasteiger partial charge in [-0.05, 0) is 19.0 Å². The van der Waals surface area contributed by atoms with Crippen molar-refractivity contribution >= 4 is 28.6 Å². The Kier molecular flexibility index (Phi) is 5.78. The molecule has 1 aliphatic rings. The summed E-state index contributed by atoms with van der Waals surface area (Å²) in [5.41, 5.74) is 2.17. The molecule has 3 N–H and O–H groups in total. The van der Waals surface area contributed by atoms with Crippen molar-refractivity contribution in [1.82, 2.24) is 29.8 Å². The number of anilines is 3. The lowest BCUT2D eigenvalue weighted by Gasteiger charge is -2.26. The Labute approximate surface area is 162 Å². The molecule has 0 spiro atoms. The number of nitrogens with one attached hydrogen (secondary N) is 3. The summed E-state index contributed by atoms with van der Waals surface area (Å²) in [6.07, 6.45) is 4.31. The van der Waals surface area contributed by atoms with Crippen LogP contribution in [0.1, 0.15) is 6.42 Å². The summed E-state index contributed by atoms with van der Waals surface area (Å²) in [6, 6.07) is 3.64. The number of ether oxygens (including phenoxy) is 2. The van der Waals surface area contributed by atoms with Gasteiger partial charge in [0.2, 0.25) is 11.8 Å². The number of hydrogen-bond donors (Lipinski definition) is 3. The van der Waals surface area contributed by atoms with Gasteiger partial charge in [0.1, 0.15) is 5.52 Å². The van der Waals surface area contributed by atoms with Gasteiger partial charge in [-0.2, -0.15) is 9.97 Å². The predicted octanol–water partition coefficient (Wildman–Crippen LogP) is 1.63. The van der Waals surface area contributed by atoms with E-state index in [-0.39, 0.29) is 0 Å². The number of methoxy groups -OCH3 is 1. The van der Waals surface area contributed by atoms with Gasteiger partial charge < -0.3 is 25.1 Å². The highest BCUT2D eigenvalue weighted by Crippen LogP contribution is 2.21. The molecule has 1 fully saturated rings. The van der Waals surface area contributed by atoms with Crippen molar-refractivity contribution in [2.45, 2.75) is 6.42 Å². The third-order valence-corrected chi connectivity index (χ3v) is 4.53. The predicted molar refractivity (Wildman–Crippen MR) is 106 cm³/mol. The molecule has 0 radical (unpaired) electrons. The van der Waals surface area contributed by atoms with Crippen LogP contribution in [0.3, 0.4) is 0 Å². The summed E-state index contributed by atoms with van der Waals surface area (Å²) in [5, 5.41) is 6.57. The van der Waals surface area contributed by atoms with Crippen LogP contribution in [0.15, 0.2) is 24.7 Å². The lowest BCUT2D eigenvalue weighted by atomic mass is 10.3. The number of hydrogen-bond acceptors (Lipinski definition) is 9. The minimum atomic E-state index is 0.460. The van der Waals surface area contributed by atoms with Crippen molar-refractivity contribution < 1.29 is 9.47 Å². The van der Waals surface area contributed by atoms with Crippen LogP contribution in [0.4, 0.5) is 17.5 Å². The monoisotopic (exact) mass is 384 g/mol. The second-order valence-corrected chi connectivity index (χ2v) is 6.45. The lowest BCUT2D eigenvalue weighted by Crippen LogP contribution is -2.37. The Bertz CT molecular complexity index is 892. The van der Waals surface area contributed by atoms with Crippen LogP contribution >= 0.6 is 0 Å². The summed E-state index contributed by atoms with van der Waals surface area (Å²) in [5.74, 6) is 1.74. The number of imidazole rings is 1. The third-order valence-electron chi connectivity index (χ3n) is 4.53. The van der Waals surface area contributed by atoms with Crippen LogP contribution < -0.4 is 15.4 Å². The van der Waals surface area contributed by atoms with Crippen molar-refractivity contribution in [3.05, 3.63) is 24.7 Å². The summed E-state index contributed by atoms with van der Waals surface area (Å²) >= 11 is 0. The third kappa shape index (κ3) is 4.46. The Morgan fingerprint density at radius 1 is 1.21 bits per heavy atom. The minimum absolute atomic E-state index is 0.460. The number of morpholine rings is 1. The number of rotatable bonds is 8. The van der Waals surface area contributed by atoms with Crippen LogP contribution in [0.5, 0.6) is 5.88 Å². The van der Waals surface area contributed by atoms with Crippen molar-refractivity contribution in [1.29, 1.82) is 0 Å². The summed E-state index contributed by atoms with van der Waals surface area (Å²) < 4.78 is 10.5. The zero-order valence-electron chi connectivity index (χ0n) is 15.8. The van der Waals surface area contributed by atoms with Gasteiger partial charge in [0, 0.05) is 25.7 Å². The van der Waals surface area contributed by atoms with Gasteiger partial charge in [-0.25, -0.2) is 9.97 Å². The Balaban J connectivity index is 1.41. The highest BCUT2D eigenvalue weighted by atomic mass is 16.5. The Hall–Kier alpha value is -2.98. The van der Waals surface area contributed by atoms with Gasteiger partial charge in [-0.3, -0.25) is 4.90 Å². The number of aromatic amines is 1. The van der Waals surface area contributed by atoms with Crippen LogP contribution in [-0.2, 0) is 4.74 Å². The molecule has 0 aliphatic carbocycles. The first kappa shape index (κ1) is 18.4. The number of H-pyrrole nitrogens is 1. The molecule has 4 heterocycles. The fraction of sp³-hybridized carbons (Fsp3) is 0.444. The molecule has 3 aromatic heterocycles. The van der Waals surface area contributed by atoms with E-state index in [0.717, 1.165) is 62.8 Å². The molecule has 28 heavy (non-hydrogen) atoms. The molecule has 3 aromatic rings. The molecular formula is C18H24N8O2. The number of aromatic nitrogens is 5. The van der Waals surface area contributed by atoms with E-state index in [0.29, 0.717) is 17.5 Å². The highest BCUT2D eigenvalue weighted by Gasteiger charge is 2.12. The standard InChI is InChI=1S/C18H24N8O2/c1-27-14-4-3-13(11-20-14)23-18-24-16(15-17(25-18)22-12-21-15)19-5-2-6-26-7-9-28-10-8-26/h3-4,11-12H,2,5-10H2,1H3,(H3,19,21,22,23,24,25). The molecule has 10 nitrogen and oxygen atoms in total. The first-order chi connectivity index (χ1) is 13.8. The zero-order valence-corrected chi connectivity index (χ0v) is 15.8. The topological polar surface area (TPSA) is 113 Å². The van der Waals surface area contributed by atoms with Gasteiger partial charge in [-0.1, -0.05) is 0 Å². The van der Waals surface area contributed by atoms with Gasteiger partial charge in [0.25, 0.3) is 0 Å². The van der Waals surface area contributed by atoms with Crippen LogP contribution in [0, 0.1) is 0 Å². The van der Waals surface area contributed by atoms with Crippen LogP contribution in [-0.4, -0.2) is 76.3 Å². The molecule has 0 amide bonds. The second-order valence-electron chi connectivity index (χ2n) is 6.45. The molecule has 0 aromatic carbocycles. The van der Waals surface area contributed by atoms with E-state index < -0.39 is 0 Å². The summed E-state index contributed by atoms with van der Waals surface area (Å²) in [7, 11) is 1.58. The summed E-state index contributed by atoms with van der Waals surface area (Å²) in [4.78, 5) is 23.0. The van der Waals surface area contributed by atoms with Crippen molar-refractivity contribution in [2.75, 3.05) is 57.1 Å². The van der Waals surface area contributed by atoms with Crippen molar-refractivity contribution in [3.63, 3.8) is 0 Å². The van der Waals surface area contributed by atoms with E-state index in [2.05, 4.69) is 40.5 Å². The van der Waals surface area contributed by atoms with Crippen LogP contribution in [0.2, 0.25) is 0 Å². The van der Waals surface area contributed by atoms with E-state index >= 15 is 0 Å². The molecule has 1 aliphatic heterocycles. The quantitative estimate of drug-likeness (QED) is 0.499. The van der Waals surface area contributed by atoms with Gasteiger partial charge in [0.15, 0.2) is 11.5 Å². The molecular weight excluding hydrogens is 360 g/mol. The average molecular weight is 384 g/mol. The van der Waals surface area contributed by atoms with Gasteiger partial charge in [-0.15, -0.1) is 0 Å². The van der Waals surface area contributed by atoms with E-state index in [1.165, 1.54) is 0 Å². The molecule has 148 valence electrons. The first-order valence-corrected chi connectivity index (χ1v) is 9.34. The normalized spacial score (nSPS) is 14.9. The number of nitrogens with zero attached hydrogens (tertiary/aromatic N) is 5. The van der Waals surface area contributed by atoms with E-state index in [4.69, 9.17) is 9.47 Å². The van der Waals surface area contributed by atoms with E-state index in [9.17, 15) is 0 Å². The maximum absolute atomic E-state index is 5.39. The molecule has 0 bridgehead atoms. The molecule has 1 saturated heterocycles. The number of fused-ring (bicyclic) bond motifs is 1. The molecule has 4 rings (SSSR count). The smallest absolute Gasteiger partial charge is 0.231 e. The SMILES string of the molecule is COc1ccc(Nc2nc(NCCCN3CCOCC3)c3[nH]cnc3n2)cn1. The Morgan fingerprint density at radius 2 is 2.11 bits per heavy atom. The highest BCUT2D eigenvalue weighted by molar-refractivity contribution is 5.84. The van der Waals surface area contributed by atoms with E-state index in [1.807, 2.05) is 6.07 Å². The lowest BCUT2D eigenvalue weighted by molar-refractivity contribution is 0.0378. The molecule has 0 atom stereocenters. The molecule has 10 heteroatoms. The van der Waals surface area contributed by atoms with Gasteiger partial charge >= 0.3 is 0 Å².